The van der Waals surface area contributed by atoms with Crippen molar-refractivity contribution in [2.24, 2.45) is 0 Å². The van der Waals surface area contributed by atoms with Crippen molar-refractivity contribution in [3.63, 3.8) is 0 Å². The highest BCUT2D eigenvalue weighted by Gasteiger charge is 2.27. The summed E-state index contributed by atoms with van der Waals surface area (Å²) in [6.45, 7) is 2.98. The average molecular weight is 289 g/mol. The smallest absolute Gasteiger partial charge is 0.254 e. The maximum atomic E-state index is 12.7. The standard InChI is InChI=1S/C17H23NO3/c19-17(14-6-2-1-3-7-14)18(12-15-8-4-10-20-15)13-16-9-5-11-21-16/h1-3,6-7,15-16H,4-5,8-13H2. The highest BCUT2D eigenvalue weighted by Crippen LogP contribution is 2.19. The van der Waals surface area contributed by atoms with Gasteiger partial charge < -0.3 is 14.4 Å². The molecule has 4 nitrogen and oxygen atoms in total. The Morgan fingerprint density at radius 2 is 1.57 bits per heavy atom. The number of carbonyl (C=O) groups is 1. The van der Waals surface area contributed by atoms with Crippen LogP contribution in [-0.2, 0) is 9.47 Å². The van der Waals surface area contributed by atoms with E-state index in [0.29, 0.717) is 13.1 Å². The van der Waals surface area contributed by atoms with Crippen molar-refractivity contribution in [1.82, 2.24) is 4.90 Å². The van der Waals surface area contributed by atoms with Gasteiger partial charge in [0.05, 0.1) is 12.2 Å². The van der Waals surface area contributed by atoms with E-state index in [1.165, 1.54) is 0 Å². The molecule has 4 heteroatoms. The zero-order chi connectivity index (χ0) is 14.5. The van der Waals surface area contributed by atoms with E-state index in [2.05, 4.69) is 0 Å². The van der Waals surface area contributed by atoms with Crippen molar-refractivity contribution in [1.29, 1.82) is 0 Å². The van der Waals surface area contributed by atoms with Gasteiger partial charge in [-0.25, -0.2) is 0 Å². The highest BCUT2D eigenvalue weighted by molar-refractivity contribution is 5.94. The minimum absolute atomic E-state index is 0.0848. The fourth-order valence-electron chi connectivity index (χ4n) is 3.07. The van der Waals surface area contributed by atoms with Gasteiger partial charge in [0, 0.05) is 31.9 Å². The molecule has 0 bridgehead atoms. The lowest BCUT2D eigenvalue weighted by Crippen LogP contribution is -2.41. The Labute approximate surface area is 126 Å². The van der Waals surface area contributed by atoms with Gasteiger partial charge in [0.25, 0.3) is 5.91 Å². The Kier molecular flexibility index (Phi) is 4.88. The summed E-state index contributed by atoms with van der Waals surface area (Å²) in [6, 6.07) is 9.50. The van der Waals surface area contributed by atoms with Gasteiger partial charge >= 0.3 is 0 Å². The number of nitrogens with zero attached hydrogens (tertiary/aromatic N) is 1. The molecule has 2 heterocycles. The summed E-state index contributed by atoms with van der Waals surface area (Å²) in [4.78, 5) is 14.7. The van der Waals surface area contributed by atoms with E-state index in [1.807, 2.05) is 35.2 Å². The zero-order valence-corrected chi connectivity index (χ0v) is 12.4. The molecule has 0 saturated carbocycles. The molecule has 2 unspecified atom stereocenters. The van der Waals surface area contributed by atoms with Gasteiger partial charge in [0.2, 0.25) is 0 Å². The second kappa shape index (κ2) is 7.05. The van der Waals surface area contributed by atoms with Crippen LogP contribution < -0.4 is 0 Å². The first kappa shape index (κ1) is 14.5. The molecule has 1 aromatic carbocycles. The third-order valence-corrected chi connectivity index (χ3v) is 4.20. The number of benzene rings is 1. The van der Waals surface area contributed by atoms with Crippen molar-refractivity contribution < 1.29 is 14.3 Å². The van der Waals surface area contributed by atoms with Crippen LogP contribution in [0.4, 0.5) is 0 Å². The molecule has 2 aliphatic heterocycles. The summed E-state index contributed by atoms with van der Waals surface area (Å²) < 4.78 is 11.4. The Morgan fingerprint density at radius 3 is 2.05 bits per heavy atom. The van der Waals surface area contributed by atoms with Crippen LogP contribution in [0.25, 0.3) is 0 Å². The third-order valence-electron chi connectivity index (χ3n) is 4.20. The zero-order valence-electron chi connectivity index (χ0n) is 12.4. The molecule has 2 aliphatic rings. The lowest BCUT2D eigenvalue weighted by Gasteiger charge is -2.28. The molecule has 0 radical (unpaired) electrons. The first-order chi connectivity index (χ1) is 10.3. The minimum Gasteiger partial charge on any atom is -0.376 e. The predicted octanol–water partition coefficient (Wildman–Crippen LogP) is 2.49. The van der Waals surface area contributed by atoms with Crippen molar-refractivity contribution in [3.05, 3.63) is 35.9 Å². The normalized spacial score (nSPS) is 25.1. The number of amides is 1. The van der Waals surface area contributed by atoms with Crippen LogP contribution in [0.1, 0.15) is 36.0 Å². The Balaban J connectivity index is 1.68. The summed E-state index contributed by atoms with van der Waals surface area (Å²) >= 11 is 0. The molecule has 114 valence electrons. The number of rotatable bonds is 5. The fraction of sp³-hybridized carbons (Fsp3) is 0.588. The van der Waals surface area contributed by atoms with E-state index in [9.17, 15) is 4.79 Å². The van der Waals surface area contributed by atoms with Gasteiger partial charge in [-0.05, 0) is 37.8 Å². The van der Waals surface area contributed by atoms with Crippen LogP contribution >= 0.6 is 0 Å². The Bertz CT molecular complexity index is 432. The first-order valence-electron chi connectivity index (χ1n) is 7.90. The molecule has 0 spiro atoms. The quantitative estimate of drug-likeness (QED) is 0.836. The summed E-state index contributed by atoms with van der Waals surface area (Å²) in [5, 5.41) is 0. The Morgan fingerprint density at radius 1 is 1.00 bits per heavy atom. The third kappa shape index (κ3) is 3.83. The van der Waals surface area contributed by atoms with E-state index >= 15 is 0 Å². The molecule has 21 heavy (non-hydrogen) atoms. The molecule has 0 aromatic heterocycles. The summed E-state index contributed by atoms with van der Waals surface area (Å²) in [5.41, 5.74) is 0.744. The van der Waals surface area contributed by atoms with Crippen LogP contribution in [0.3, 0.4) is 0 Å². The number of ether oxygens (including phenoxy) is 2. The monoisotopic (exact) mass is 289 g/mol. The van der Waals surface area contributed by atoms with Gasteiger partial charge in [-0.3, -0.25) is 4.79 Å². The molecule has 2 saturated heterocycles. The summed E-state index contributed by atoms with van der Waals surface area (Å²) in [7, 11) is 0. The van der Waals surface area contributed by atoms with Gasteiger partial charge in [0.15, 0.2) is 0 Å². The van der Waals surface area contributed by atoms with Crippen molar-refractivity contribution >= 4 is 5.91 Å². The van der Waals surface area contributed by atoms with Crippen LogP contribution in [0, 0.1) is 0 Å². The fourth-order valence-corrected chi connectivity index (χ4v) is 3.07. The van der Waals surface area contributed by atoms with Crippen LogP contribution in [0.2, 0.25) is 0 Å². The molecule has 2 fully saturated rings. The molecule has 1 amide bonds. The average Bonchev–Trinajstić information content (AvgIpc) is 3.20. The molecule has 1 aromatic rings. The van der Waals surface area contributed by atoms with E-state index in [4.69, 9.17) is 9.47 Å². The van der Waals surface area contributed by atoms with E-state index in [-0.39, 0.29) is 18.1 Å². The highest BCUT2D eigenvalue weighted by atomic mass is 16.5. The van der Waals surface area contributed by atoms with Gasteiger partial charge in [-0.2, -0.15) is 0 Å². The van der Waals surface area contributed by atoms with Crippen LogP contribution in [0.15, 0.2) is 30.3 Å². The number of hydrogen-bond acceptors (Lipinski definition) is 3. The minimum atomic E-state index is 0.0848. The van der Waals surface area contributed by atoms with Crippen molar-refractivity contribution in [2.45, 2.75) is 37.9 Å². The van der Waals surface area contributed by atoms with Crippen molar-refractivity contribution in [3.8, 4) is 0 Å². The van der Waals surface area contributed by atoms with Gasteiger partial charge in [-0.15, -0.1) is 0 Å². The number of hydrogen-bond donors (Lipinski definition) is 0. The second-order valence-electron chi connectivity index (χ2n) is 5.85. The SMILES string of the molecule is O=C(c1ccccc1)N(CC1CCCO1)CC1CCCO1. The molecular weight excluding hydrogens is 266 g/mol. The lowest BCUT2D eigenvalue weighted by atomic mass is 10.1. The first-order valence-corrected chi connectivity index (χ1v) is 7.90. The largest absolute Gasteiger partial charge is 0.376 e. The molecule has 0 aliphatic carbocycles. The van der Waals surface area contributed by atoms with Crippen LogP contribution in [-0.4, -0.2) is 49.3 Å². The molecular formula is C17H23NO3. The lowest BCUT2D eigenvalue weighted by molar-refractivity contribution is 0.0307. The molecule has 0 N–H and O–H groups in total. The second-order valence-corrected chi connectivity index (χ2v) is 5.85. The predicted molar refractivity (Wildman–Crippen MR) is 80.3 cm³/mol. The topological polar surface area (TPSA) is 38.8 Å². The van der Waals surface area contributed by atoms with E-state index in [0.717, 1.165) is 44.5 Å². The maximum absolute atomic E-state index is 12.7. The molecule has 2 atom stereocenters. The van der Waals surface area contributed by atoms with E-state index in [1.54, 1.807) is 0 Å². The van der Waals surface area contributed by atoms with Crippen molar-refractivity contribution in [2.75, 3.05) is 26.3 Å². The van der Waals surface area contributed by atoms with Gasteiger partial charge in [-0.1, -0.05) is 18.2 Å². The van der Waals surface area contributed by atoms with Gasteiger partial charge in [0.1, 0.15) is 0 Å². The van der Waals surface area contributed by atoms with Crippen LogP contribution in [0.5, 0.6) is 0 Å². The number of carbonyl (C=O) groups excluding carboxylic acids is 1. The Hall–Kier alpha value is -1.39. The van der Waals surface area contributed by atoms with E-state index < -0.39 is 0 Å². The maximum Gasteiger partial charge on any atom is 0.254 e. The summed E-state index contributed by atoms with van der Waals surface area (Å²) in [5.74, 6) is 0.0848. The molecule has 3 rings (SSSR count). The summed E-state index contributed by atoms with van der Waals surface area (Å²) in [6.07, 6.45) is 4.64.